The number of nitrogens with zero attached hydrogens (tertiary/aromatic N) is 3. The third-order valence-corrected chi connectivity index (χ3v) is 5.52. The van der Waals surface area contributed by atoms with Gasteiger partial charge in [0.2, 0.25) is 0 Å². The van der Waals surface area contributed by atoms with Gasteiger partial charge in [-0.2, -0.15) is 5.10 Å². The van der Waals surface area contributed by atoms with Crippen LogP contribution in [0.25, 0.3) is 11.3 Å². The van der Waals surface area contributed by atoms with Gasteiger partial charge in [-0.3, -0.25) is 9.48 Å². The topological polar surface area (TPSA) is 47.4 Å². The molecule has 0 saturated heterocycles. The fourth-order valence-corrected chi connectivity index (χ4v) is 3.82. The number of carbonyl (C=O) groups is 1. The van der Waals surface area contributed by atoms with E-state index in [1.807, 2.05) is 52.0 Å². The molecule has 0 N–H and O–H groups in total. The maximum Gasteiger partial charge on any atom is 0.272 e. The quantitative estimate of drug-likeness (QED) is 0.424. The predicted molar refractivity (Wildman–Crippen MR) is 122 cm³/mol. The van der Waals surface area contributed by atoms with Crippen LogP contribution in [0, 0.1) is 19.3 Å². The minimum absolute atomic E-state index is 0.0152. The van der Waals surface area contributed by atoms with Crippen LogP contribution < -0.4 is 0 Å². The van der Waals surface area contributed by atoms with E-state index in [4.69, 9.17) is 16.3 Å². The van der Waals surface area contributed by atoms with Gasteiger partial charge in [0.15, 0.2) is 0 Å². The lowest BCUT2D eigenvalue weighted by molar-refractivity contribution is 0.0471. The number of ether oxygens (including phenoxy) is 1. The third kappa shape index (κ3) is 4.55. The highest BCUT2D eigenvalue weighted by molar-refractivity contribution is 5.94. The standard InChI is InChI=1S/C26H27N3O2/c1-4-14-31-18-23-17-28(16-21-10-8-20(5-2)9-11-21)26(30)25-15-24(27-29(23)25)22-12-6-19(3)7-13-22/h2,6-13,15,23H,4,14,16-18H2,1,3H3. The summed E-state index contributed by atoms with van der Waals surface area (Å²) in [6.45, 7) is 6.45. The largest absolute Gasteiger partial charge is 0.379 e. The summed E-state index contributed by atoms with van der Waals surface area (Å²) in [5.74, 6) is 2.61. The van der Waals surface area contributed by atoms with Crippen molar-refractivity contribution in [3.63, 3.8) is 0 Å². The van der Waals surface area contributed by atoms with Gasteiger partial charge >= 0.3 is 0 Å². The summed E-state index contributed by atoms with van der Waals surface area (Å²) in [4.78, 5) is 15.2. The van der Waals surface area contributed by atoms with Crippen LogP contribution in [0.15, 0.2) is 54.6 Å². The third-order valence-electron chi connectivity index (χ3n) is 5.52. The number of terminal acetylenes is 1. The Morgan fingerprint density at radius 1 is 1.16 bits per heavy atom. The molecule has 3 aromatic rings. The molecular formula is C26H27N3O2. The molecule has 0 aliphatic carbocycles. The SMILES string of the molecule is C#Cc1ccc(CN2CC(COCCC)n3nc(-c4ccc(C)cc4)cc3C2=O)cc1. The molecule has 0 saturated carbocycles. The van der Waals surface area contributed by atoms with Gasteiger partial charge in [-0.15, -0.1) is 6.42 Å². The molecule has 1 amide bonds. The summed E-state index contributed by atoms with van der Waals surface area (Å²) >= 11 is 0. The van der Waals surface area contributed by atoms with E-state index in [0.717, 1.165) is 28.8 Å². The minimum atomic E-state index is -0.0246. The van der Waals surface area contributed by atoms with Crippen molar-refractivity contribution >= 4 is 5.91 Å². The highest BCUT2D eigenvalue weighted by Crippen LogP contribution is 2.28. The van der Waals surface area contributed by atoms with Crippen LogP contribution in [0.4, 0.5) is 0 Å². The molecule has 31 heavy (non-hydrogen) atoms. The molecule has 158 valence electrons. The zero-order valence-electron chi connectivity index (χ0n) is 18.0. The van der Waals surface area contributed by atoms with Crippen LogP contribution in [0.1, 0.15) is 46.6 Å². The summed E-state index contributed by atoms with van der Waals surface area (Å²) in [5, 5.41) is 4.79. The van der Waals surface area contributed by atoms with E-state index in [0.29, 0.717) is 32.0 Å². The van der Waals surface area contributed by atoms with Crippen molar-refractivity contribution in [1.82, 2.24) is 14.7 Å². The maximum atomic E-state index is 13.3. The Kier molecular flexibility index (Phi) is 6.20. The smallest absolute Gasteiger partial charge is 0.272 e. The number of amides is 1. The van der Waals surface area contributed by atoms with Crippen molar-refractivity contribution < 1.29 is 9.53 Å². The number of benzene rings is 2. The number of hydrogen-bond donors (Lipinski definition) is 0. The van der Waals surface area contributed by atoms with Gasteiger partial charge in [0, 0.05) is 30.8 Å². The van der Waals surface area contributed by atoms with E-state index in [2.05, 4.69) is 31.9 Å². The highest BCUT2D eigenvalue weighted by atomic mass is 16.5. The number of carbonyl (C=O) groups excluding carboxylic acids is 1. The van der Waals surface area contributed by atoms with Gasteiger partial charge < -0.3 is 9.64 Å². The Labute approximate surface area is 183 Å². The summed E-state index contributed by atoms with van der Waals surface area (Å²) in [6.07, 6.45) is 6.41. The molecule has 1 aliphatic heterocycles. The van der Waals surface area contributed by atoms with Crippen molar-refractivity contribution in [2.24, 2.45) is 0 Å². The van der Waals surface area contributed by atoms with Crippen LogP contribution in [0.2, 0.25) is 0 Å². The van der Waals surface area contributed by atoms with Gasteiger partial charge in [-0.1, -0.05) is 54.8 Å². The molecule has 2 heterocycles. The van der Waals surface area contributed by atoms with E-state index in [-0.39, 0.29) is 11.9 Å². The summed E-state index contributed by atoms with van der Waals surface area (Å²) in [6, 6.07) is 17.9. The normalized spacial score (nSPS) is 15.6. The van der Waals surface area contributed by atoms with Crippen molar-refractivity contribution in [2.45, 2.75) is 32.9 Å². The average Bonchev–Trinajstić information content (AvgIpc) is 3.24. The number of aryl methyl sites for hydroxylation is 1. The second-order valence-corrected chi connectivity index (χ2v) is 7.98. The predicted octanol–water partition coefficient (Wildman–Crippen LogP) is 4.46. The van der Waals surface area contributed by atoms with Crippen LogP contribution in [-0.4, -0.2) is 40.3 Å². The monoisotopic (exact) mass is 413 g/mol. The zero-order chi connectivity index (χ0) is 21.8. The molecule has 0 radical (unpaired) electrons. The fraction of sp³-hybridized carbons (Fsp3) is 0.308. The first-order valence-corrected chi connectivity index (χ1v) is 10.7. The molecule has 1 aromatic heterocycles. The Morgan fingerprint density at radius 3 is 2.58 bits per heavy atom. The molecule has 5 nitrogen and oxygen atoms in total. The van der Waals surface area contributed by atoms with E-state index in [9.17, 15) is 4.79 Å². The highest BCUT2D eigenvalue weighted by Gasteiger charge is 2.33. The van der Waals surface area contributed by atoms with Gasteiger partial charge in [-0.05, 0) is 37.1 Å². The van der Waals surface area contributed by atoms with E-state index < -0.39 is 0 Å². The van der Waals surface area contributed by atoms with Crippen LogP contribution in [0.5, 0.6) is 0 Å². The van der Waals surface area contributed by atoms with Gasteiger partial charge in [0.1, 0.15) is 5.69 Å². The number of aromatic nitrogens is 2. The lowest BCUT2D eigenvalue weighted by atomic mass is 10.1. The Morgan fingerprint density at radius 2 is 1.90 bits per heavy atom. The molecule has 5 heteroatoms. The van der Waals surface area contributed by atoms with E-state index in [1.54, 1.807) is 0 Å². The zero-order valence-corrected chi connectivity index (χ0v) is 18.0. The Hall–Kier alpha value is -3.36. The molecule has 1 aliphatic rings. The fourth-order valence-electron chi connectivity index (χ4n) is 3.82. The molecule has 0 fully saturated rings. The molecule has 0 spiro atoms. The van der Waals surface area contributed by atoms with Crippen molar-refractivity contribution in [1.29, 1.82) is 0 Å². The first kappa shape index (κ1) is 20.9. The second kappa shape index (κ2) is 9.20. The van der Waals surface area contributed by atoms with Crippen LogP contribution in [-0.2, 0) is 11.3 Å². The lowest BCUT2D eigenvalue weighted by Crippen LogP contribution is -2.44. The molecule has 4 rings (SSSR count). The van der Waals surface area contributed by atoms with Crippen molar-refractivity contribution in [3.8, 4) is 23.6 Å². The van der Waals surface area contributed by atoms with E-state index in [1.165, 1.54) is 5.56 Å². The molecule has 0 bridgehead atoms. The number of fused-ring (bicyclic) bond motifs is 1. The second-order valence-electron chi connectivity index (χ2n) is 7.98. The molecule has 1 unspecified atom stereocenters. The summed E-state index contributed by atoms with van der Waals surface area (Å²) < 4.78 is 7.71. The van der Waals surface area contributed by atoms with Crippen molar-refractivity contribution in [3.05, 3.63) is 77.0 Å². The van der Waals surface area contributed by atoms with Gasteiger partial charge in [0.05, 0.1) is 18.3 Å². The first-order chi connectivity index (χ1) is 15.1. The van der Waals surface area contributed by atoms with Crippen molar-refractivity contribution in [2.75, 3.05) is 19.8 Å². The number of rotatable bonds is 7. The first-order valence-electron chi connectivity index (χ1n) is 10.7. The van der Waals surface area contributed by atoms with Crippen LogP contribution >= 0.6 is 0 Å². The Bertz CT molecular complexity index is 1090. The Balaban J connectivity index is 1.63. The average molecular weight is 414 g/mol. The summed E-state index contributed by atoms with van der Waals surface area (Å²) in [5.41, 5.74) is 5.49. The number of hydrogen-bond acceptors (Lipinski definition) is 3. The molecule has 2 aromatic carbocycles. The van der Waals surface area contributed by atoms with Crippen LogP contribution in [0.3, 0.4) is 0 Å². The maximum absolute atomic E-state index is 13.3. The van der Waals surface area contributed by atoms with E-state index >= 15 is 0 Å². The molecular weight excluding hydrogens is 386 g/mol. The summed E-state index contributed by atoms with van der Waals surface area (Å²) in [7, 11) is 0. The van der Waals surface area contributed by atoms with Gasteiger partial charge in [0.25, 0.3) is 5.91 Å². The lowest BCUT2D eigenvalue weighted by Gasteiger charge is -2.33. The molecule has 1 atom stereocenters. The minimum Gasteiger partial charge on any atom is -0.379 e. The van der Waals surface area contributed by atoms with Gasteiger partial charge in [-0.25, -0.2) is 0 Å².